The van der Waals surface area contributed by atoms with E-state index in [2.05, 4.69) is 10.6 Å². The fourth-order valence-electron chi connectivity index (χ4n) is 3.88. The molecule has 1 fully saturated rings. The number of amides is 3. The molecule has 1 heterocycles. The summed E-state index contributed by atoms with van der Waals surface area (Å²) in [5.41, 5.74) is -0.0529. The Morgan fingerprint density at radius 1 is 1.00 bits per heavy atom. The summed E-state index contributed by atoms with van der Waals surface area (Å²) < 4.78 is 54.3. The van der Waals surface area contributed by atoms with Crippen LogP contribution in [0.2, 0.25) is 5.02 Å². The van der Waals surface area contributed by atoms with Crippen molar-refractivity contribution in [2.24, 2.45) is 0 Å². The predicted octanol–water partition coefficient (Wildman–Crippen LogP) is 4.62. The Hall–Kier alpha value is -3.50. The average molecular weight is 520 g/mol. The van der Waals surface area contributed by atoms with Gasteiger partial charge in [0, 0.05) is 34.6 Å². The van der Waals surface area contributed by atoms with Gasteiger partial charge in [-0.1, -0.05) is 29.8 Å². The molecule has 7 nitrogen and oxygen atoms in total. The minimum absolute atomic E-state index is 0.0177. The van der Waals surface area contributed by atoms with Crippen LogP contribution in [0.15, 0.2) is 65.6 Å². The van der Waals surface area contributed by atoms with Crippen molar-refractivity contribution in [1.82, 2.24) is 5.32 Å². The summed E-state index contributed by atoms with van der Waals surface area (Å²) in [6.07, 6.45) is 1.17. The van der Waals surface area contributed by atoms with Gasteiger partial charge in [0.1, 0.15) is 6.04 Å². The first-order chi connectivity index (χ1) is 16.6. The van der Waals surface area contributed by atoms with Crippen molar-refractivity contribution in [2.75, 3.05) is 23.0 Å². The van der Waals surface area contributed by atoms with Gasteiger partial charge in [0.2, 0.25) is 5.91 Å². The van der Waals surface area contributed by atoms with E-state index in [1.54, 1.807) is 24.3 Å². The van der Waals surface area contributed by atoms with Crippen LogP contribution < -0.4 is 15.5 Å². The van der Waals surface area contributed by atoms with Gasteiger partial charge in [-0.2, -0.15) is 0 Å². The van der Waals surface area contributed by atoms with E-state index in [9.17, 15) is 18.0 Å². The second-order valence-electron chi connectivity index (χ2n) is 7.97. The highest BCUT2D eigenvalue weighted by atomic mass is 35.5. The highest BCUT2D eigenvalue weighted by molar-refractivity contribution is 7.90. The summed E-state index contributed by atoms with van der Waals surface area (Å²) in [6.45, 7) is 0.0559. The van der Waals surface area contributed by atoms with Gasteiger partial charge in [-0.05, 0) is 48.9 Å². The monoisotopic (exact) mass is 519 g/mol. The first kappa shape index (κ1) is 24.6. The maximum absolute atomic E-state index is 15.1. The summed E-state index contributed by atoms with van der Waals surface area (Å²) in [5.74, 6) is -3.16. The molecule has 1 aliphatic rings. The lowest BCUT2D eigenvalue weighted by Crippen LogP contribution is -2.43. The molecule has 0 radical (unpaired) electrons. The molecule has 35 heavy (non-hydrogen) atoms. The van der Waals surface area contributed by atoms with E-state index in [-0.39, 0.29) is 34.7 Å². The van der Waals surface area contributed by atoms with Gasteiger partial charge < -0.3 is 15.5 Å². The molecule has 1 atom stereocenters. The third-order valence-electron chi connectivity index (χ3n) is 5.54. The molecule has 0 aliphatic carbocycles. The van der Waals surface area contributed by atoms with Crippen molar-refractivity contribution in [3.05, 3.63) is 77.3 Å². The number of hydrogen-bond acceptors (Lipinski definition) is 4. The molecule has 3 amide bonds. The van der Waals surface area contributed by atoms with Crippen molar-refractivity contribution in [2.45, 2.75) is 17.4 Å². The number of nitrogens with one attached hydrogen (secondary N) is 2. The minimum Gasteiger partial charge on any atom is -0.326 e. The predicted molar refractivity (Wildman–Crippen MR) is 129 cm³/mol. The zero-order valence-electron chi connectivity index (χ0n) is 18.4. The quantitative estimate of drug-likeness (QED) is 0.514. The maximum atomic E-state index is 15.1. The molecule has 11 heteroatoms. The number of anilines is 2. The van der Waals surface area contributed by atoms with Crippen LogP contribution in [0.4, 0.5) is 25.0 Å². The van der Waals surface area contributed by atoms with E-state index in [1.807, 2.05) is 0 Å². The smallest absolute Gasteiger partial charge is 0.319 e. The third kappa shape index (κ3) is 5.13. The molecule has 3 aromatic carbocycles. The Morgan fingerprint density at radius 3 is 2.37 bits per heavy atom. The number of nitrogens with zero attached hydrogens (tertiary/aromatic N) is 1. The van der Waals surface area contributed by atoms with Crippen LogP contribution in [0.25, 0.3) is 11.1 Å². The Morgan fingerprint density at radius 2 is 1.69 bits per heavy atom. The highest BCUT2D eigenvalue weighted by Crippen LogP contribution is 2.35. The molecular formula is C24H20ClF2N3O4S. The van der Waals surface area contributed by atoms with Crippen LogP contribution in [0.3, 0.4) is 0 Å². The number of halogens is 3. The van der Waals surface area contributed by atoms with Crippen molar-refractivity contribution < 1.29 is 26.8 Å². The minimum atomic E-state index is -3.70. The number of hydrogen-bond donors (Lipinski definition) is 2. The lowest BCUT2D eigenvalue weighted by Gasteiger charge is -2.19. The molecule has 1 saturated heterocycles. The molecule has 0 saturated carbocycles. The van der Waals surface area contributed by atoms with Crippen LogP contribution in [-0.4, -0.2) is 39.2 Å². The Labute approximate surface area is 205 Å². The topological polar surface area (TPSA) is 95.6 Å². The van der Waals surface area contributed by atoms with Crippen molar-refractivity contribution >= 4 is 44.8 Å². The molecule has 1 aliphatic heterocycles. The molecular weight excluding hydrogens is 500 g/mol. The van der Waals surface area contributed by atoms with Gasteiger partial charge >= 0.3 is 6.03 Å². The van der Waals surface area contributed by atoms with Crippen molar-refractivity contribution in [3.63, 3.8) is 0 Å². The van der Waals surface area contributed by atoms with Gasteiger partial charge in [-0.15, -0.1) is 0 Å². The summed E-state index contributed by atoms with van der Waals surface area (Å²) in [4.78, 5) is 26.0. The zero-order chi connectivity index (χ0) is 25.3. The fraction of sp³-hybridized carbons (Fsp3) is 0.167. The van der Waals surface area contributed by atoms with E-state index in [4.69, 9.17) is 11.6 Å². The van der Waals surface area contributed by atoms with Gasteiger partial charge in [0.25, 0.3) is 0 Å². The number of carbonyl (C=O) groups is 2. The molecule has 0 aromatic heterocycles. The van der Waals surface area contributed by atoms with Crippen LogP contribution >= 0.6 is 11.6 Å². The Balaban J connectivity index is 1.54. The first-order valence-electron chi connectivity index (χ1n) is 10.5. The van der Waals surface area contributed by atoms with Crippen LogP contribution in [0.1, 0.15) is 6.42 Å². The van der Waals surface area contributed by atoms with E-state index < -0.39 is 39.5 Å². The van der Waals surface area contributed by atoms with E-state index in [1.165, 1.54) is 36.4 Å². The van der Waals surface area contributed by atoms with Crippen molar-refractivity contribution in [3.8, 4) is 11.1 Å². The standard InChI is InChI=1S/C24H20ClF2N3O4S/c1-35(33,34)20-5-3-2-4-16(20)17-10-11-19(22(27)21(17)26)30-13-12-18(23(30)31)29-24(32)28-15-8-6-14(25)7-9-15/h2-11,18H,12-13H2,1H3,(H2,28,29,32)/t18-/m1/s1. The zero-order valence-corrected chi connectivity index (χ0v) is 20.0. The molecule has 0 unspecified atom stereocenters. The second-order valence-corrected chi connectivity index (χ2v) is 10.4. The number of benzene rings is 3. The fourth-order valence-corrected chi connectivity index (χ4v) is 4.91. The number of carbonyl (C=O) groups excluding carboxylic acids is 2. The highest BCUT2D eigenvalue weighted by Gasteiger charge is 2.36. The maximum Gasteiger partial charge on any atom is 0.319 e. The third-order valence-corrected chi connectivity index (χ3v) is 6.95. The van der Waals surface area contributed by atoms with Gasteiger partial charge in [0.15, 0.2) is 21.5 Å². The number of sulfone groups is 1. The molecule has 4 rings (SSSR count). The normalized spacial score (nSPS) is 15.8. The number of rotatable bonds is 5. The lowest BCUT2D eigenvalue weighted by atomic mass is 10.0. The summed E-state index contributed by atoms with van der Waals surface area (Å²) in [5, 5.41) is 5.60. The molecule has 3 aromatic rings. The largest absolute Gasteiger partial charge is 0.326 e. The second kappa shape index (κ2) is 9.63. The van der Waals surface area contributed by atoms with Crippen LogP contribution in [0, 0.1) is 11.6 Å². The lowest BCUT2D eigenvalue weighted by molar-refractivity contribution is -0.118. The Bertz CT molecular complexity index is 1410. The van der Waals surface area contributed by atoms with Gasteiger partial charge in [-0.25, -0.2) is 22.0 Å². The van der Waals surface area contributed by atoms with Gasteiger partial charge in [0.05, 0.1) is 10.6 Å². The summed E-state index contributed by atoms with van der Waals surface area (Å²) >= 11 is 5.81. The molecule has 0 spiro atoms. The van der Waals surface area contributed by atoms with Crippen LogP contribution in [-0.2, 0) is 14.6 Å². The first-order valence-corrected chi connectivity index (χ1v) is 12.7. The summed E-state index contributed by atoms with van der Waals surface area (Å²) in [6, 6.07) is 13.0. The average Bonchev–Trinajstić information content (AvgIpc) is 3.16. The van der Waals surface area contributed by atoms with E-state index in [0.717, 1.165) is 11.2 Å². The molecule has 2 N–H and O–H groups in total. The van der Waals surface area contributed by atoms with Gasteiger partial charge in [-0.3, -0.25) is 4.79 Å². The van der Waals surface area contributed by atoms with E-state index in [0.29, 0.717) is 10.7 Å². The van der Waals surface area contributed by atoms with Crippen LogP contribution in [0.5, 0.6) is 0 Å². The molecule has 182 valence electrons. The Kier molecular flexibility index (Phi) is 6.77. The van der Waals surface area contributed by atoms with E-state index >= 15 is 8.78 Å². The number of urea groups is 1. The SMILES string of the molecule is CS(=O)(=O)c1ccccc1-c1ccc(N2CC[C@@H](NC(=O)Nc3ccc(Cl)cc3)C2=O)c(F)c1F. The summed E-state index contributed by atoms with van der Waals surface area (Å²) in [7, 11) is -3.70. The van der Waals surface area contributed by atoms with Crippen molar-refractivity contribution in [1.29, 1.82) is 0 Å². The molecule has 0 bridgehead atoms.